The predicted molar refractivity (Wildman–Crippen MR) is 91.8 cm³/mol. The average molecular weight is 332 g/mol. The second-order valence-electron chi connectivity index (χ2n) is 6.90. The molecule has 0 aliphatic rings. The van der Waals surface area contributed by atoms with E-state index >= 15 is 0 Å². The van der Waals surface area contributed by atoms with Crippen LogP contribution in [-0.2, 0) is 9.53 Å². The Morgan fingerprint density at radius 2 is 1.92 bits per heavy atom. The standard InChI is InChI=1S/C17H24N4O3/c1-11(2)10-14(16(23)24-17(3,4)5)19-15(22)12-8-6-7-9-13(12)20-21-18/h6-9,11,14H,10H2,1-5H3,(H,19,22)/t14-/m0/s1. The molecule has 0 heterocycles. The maximum absolute atomic E-state index is 12.5. The van der Waals surface area contributed by atoms with Gasteiger partial charge in [-0.3, -0.25) is 4.79 Å². The zero-order chi connectivity index (χ0) is 18.3. The van der Waals surface area contributed by atoms with Crippen LogP contribution in [0.3, 0.4) is 0 Å². The van der Waals surface area contributed by atoms with Crippen molar-refractivity contribution >= 4 is 17.6 Å². The highest BCUT2D eigenvalue weighted by atomic mass is 16.6. The molecule has 0 aliphatic carbocycles. The molecule has 0 aliphatic heterocycles. The fourth-order valence-corrected chi connectivity index (χ4v) is 2.10. The van der Waals surface area contributed by atoms with Crippen molar-refractivity contribution in [2.75, 3.05) is 0 Å². The number of azide groups is 1. The van der Waals surface area contributed by atoms with E-state index in [0.717, 1.165) is 0 Å². The minimum atomic E-state index is -0.768. The Labute approximate surface area is 142 Å². The molecule has 1 amide bonds. The summed E-state index contributed by atoms with van der Waals surface area (Å²) in [6.45, 7) is 9.23. The Morgan fingerprint density at radius 3 is 2.46 bits per heavy atom. The summed E-state index contributed by atoms with van der Waals surface area (Å²) in [7, 11) is 0. The molecule has 1 N–H and O–H groups in total. The zero-order valence-electron chi connectivity index (χ0n) is 14.7. The number of carbonyl (C=O) groups is 2. The molecule has 0 saturated heterocycles. The van der Waals surface area contributed by atoms with Gasteiger partial charge in [0.05, 0.1) is 5.69 Å². The number of hydrogen-bond donors (Lipinski definition) is 1. The minimum Gasteiger partial charge on any atom is -0.458 e. The number of amides is 1. The van der Waals surface area contributed by atoms with E-state index in [4.69, 9.17) is 10.3 Å². The number of benzene rings is 1. The molecule has 130 valence electrons. The quantitative estimate of drug-likeness (QED) is 0.367. The number of esters is 1. The summed E-state index contributed by atoms with van der Waals surface area (Å²) >= 11 is 0. The number of ether oxygens (including phenoxy) is 1. The molecule has 0 aromatic heterocycles. The third-order valence-corrected chi connectivity index (χ3v) is 3.00. The lowest BCUT2D eigenvalue weighted by Gasteiger charge is -2.25. The van der Waals surface area contributed by atoms with Gasteiger partial charge >= 0.3 is 5.97 Å². The predicted octanol–water partition coefficient (Wildman–Crippen LogP) is 4.11. The molecule has 0 bridgehead atoms. The van der Waals surface area contributed by atoms with Crippen LogP contribution in [0.1, 0.15) is 51.4 Å². The van der Waals surface area contributed by atoms with E-state index in [0.29, 0.717) is 6.42 Å². The molecule has 0 radical (unpaired) electrons. The smallest absolute Gasteiger partial charge is 0.329 e. The number of rotatable bonds is 6. The third kappa shape index (κ3) is 6.30. The summed E-state index contributed by atoms with van der Waals surface area (Å²) in [4.78, 5) is 27.6. The van der Waals surface area contributed by atoms with Gasteiger partial charge in [0.25, 0.3) is 5.91 Å². The summed E-state index contributed by atoms with van der Waals surface area (Å²) in [5.41, 5.74) is 8.38. The molecular formula is C17H24N4O3. The van der Waals surface area contributed by atoms with Gasteiger partial charge in [0, 0.05) is 10.5 Å². The van der Waals surface area contributed by atoms with Gasteiger partial charge in [-0.05, 0) is 44.7 Å². The lowest BCUT2D eigenvalue weighted by atomic mass is 10.0. The van der Waals surface area contributed by atoms with Gasteiger partial charge in [0.1, 0.15) is 11.6 Å². The van der Waals surface area contributed by atoms with Gasteiger partial charge in [0.15, 0.2) is 0 Å². The van der Waals surface area contributed by atoms with Crippen molar-refractivity contribution in [3.05, 3.63) is 40.3 Å². The van der Waals surface area contributed by atoms with Crippen LogP contribution < -0.4 is 5.32 Å². The van der Waals surface area contributed by atoms with Gasteiger partial charge in [0.2, 0.25) is 0 Å². The molecule has 7 nitrogen and oxygen atoms in total. The highest BCUT2D eigenvalue weighted by Crippen LogP contribution is 2.20. The van der Waals surface area contributed by atoms with Crippen molar-refractivity contribution in [3.8, 4) is 0 Å². The number of carbonyl (C=O) groups excluding carboxylic acids is 2. The molecule has 24 heavy (non-hydrogen) atoms. The van der Waals surface area contributed by atoms with Crippen molar-refractivity contribution in [1.82, 2.24) is 5.32 Å². The Hall–Kier alpha value is -2.53. The first kappa shape index (κ1) is 19.5. The summed E-state index contributed by atoms with van der Waals surface area (Å²) < 4.78 is 5.38. The monoisotopic (exact) mass is 332 g/mol. The number of hydrogen-bond acceptors (Lipinski definition) is 4. The first-order valence-corrected chi connectivity index (χ1v) is 7.82. The lowest BCUT2D eigenvalue weighted by molar-refractivity contribution is -0.157. The van der Waals surface area contributed by atoms with Crippen molar-refractivity contribution in [2.24, 2.45) is 11.0 Å². The highest BCUT2D eigenvalue weighted by Gasteiger charge is 2.28. The molecule has 1 rings (SSSR count). The van der Waals surface area contributed by atoms with Crippen molar-refractivity contribution in [3.63, 3.8) is 0 Å². The molecule has 1 aromatic rings. The maximum atomic E-state index is 12.5. The molecule has 1 atom stereocenters. The van der Waals surface area contributed by atoms with E-state index in [1.54, 1.807) is 45.0 Å². The van der Waals surface area contributed by atoms with Crippen LogP contribution in [0, 0.1) is 5.92 Å². The largest absolute Gasteiger partial charge is 0.458 e. The normalized spacial score (nSPS) is 12.2. The number of nitrogens with zero attached hydrogens (tertiary/aromatic N) is 3. The first-order chi connectivity index (χ1) is 11.1. The molecule has 1 aromatic carbocycles. The van der Waals surface area contributed by atoms with Gasteiger partial charge < -0.3 is 10.1 Å². The van der Waals surface area contributed by atoms with Crippen LogP contribution in [0.4, 0.5) is 5.69 Å². The lowest BCUT2D eigenvalue weighted by Crippen LogP contribution is -2.44. The Kier molecular flexibility index (Phi) is 6.80. The van der Waals surface area contributed by atoms with Crippen molar-refractivity contribution in [2.45, 2.75) is 52.7 Å². The zero-order valence-corrected chi connectivity index (χ0v) is 14.7. The van der Waals surface area contributed by atoms with Gasteiger partial charge in [-0.15, -0.1) is 0 Å². The van der Waals surface area contributed by atoms with Crippen molar-refractivity contribution < 1.29 is 14.3 Å². The minimum absolute atomic E-state index is 0.190. The van der Waals surface area contributed by atoms with Crippen LogP contribution in [0.2, 0.25) is 0 Å². The maximum Gasteiger partial charge on any atom is 0.329 e. The van der Waals surface area contributed by atoms with Gasteiger partial charge in [-0.2, -0.15) is 0 Å². The third-order valence-electron chi connectivity index (χ3n) is 3.00. The van der Waals surface area contributed by atoms with E-state index in [9.17, 15) is 9.59 Å². The van der Waals surface area contributed by atoms with E-state index in [2.05, 4.69) is 15.3 Å². The Bertz CT molecular complexity index is 643. The van der Waals surface area contributed by atoms with E-state index in [1.165, 1.54) is 0 Å². The summed E-state index contributed by atoms with van der Waals surface area (Å²) in [6, 6.07) is 5.65. The molecule has 0 saturated carbocycles. The molecular weight excluding hydrogens is 308 g/mol. The van der Waals surface area contributed by atoms with Gasteiger partial charge in [-0.1, -0.05) is 37.2 Å². The van der Waals surface area contributed by atoms with Crippen LogP contribution in [0.5, 0.6) is 0 Å². The average Bonchev–Trinajstić information content (AvgIpc) is 2.45. The van der Waals surface area contributed by atoms with Crippen LogP contribution in [0.25, 0.3) is 10.4 Å². The molecule has 0 unspecified atom stereocenters. The number of nitrogens with one attached hydrogen (secondary N) is 1. The second kappa shape index (κ2) is 8.36. The molecule has 0 fully saturated rings. The van der Waals surface area contributed by atoms with Crippen LogP contribution >= 0.6 is 0 Å². The highest BCUT2D eigenvalue weighted by molar-refractivity contribution is 6.00. The molecule has 0 spiro atoms. The summed E-state index contributed by atoms with van der Waals surface area (Å²) in [5, 5.41) is 6.19. The fourth-order valence-electron chi connectivity index (χ4n) is 2.10. The van der Waals surface area contributed by atoms with Crippen LogP contribution in [-0.4, -0.2) is 23.5 Å². The van der Waals surface area contributed by atoms with E-state index < -0.39 is 23.5 Å². The summed E-state index contributed by atoms with van der Waals surface area (Å²) in [6.07, 6.45) is 0.449. The van der Waals surface area contributed by atoms with Crippen LogP contribution in [0.15, 0.2) is 29.4 Å². The second-order valence-corrected chi connectivity index (χ2v) is 6.90. The Balaban J connectivity index is 3.00. The van der Waals surface area contributed by atoms with E-state index in [-0.39, 0.29) is 17.2 Å². The topological polar surface area (TPSA) is 104 Å². The Morgan fingerprint density at radius 1 is 1.29 bits per heavy atom. The van der Waals surface area contributed by atoms with E-state index in [1.807, 2.05) is 13.8 Å². The SMILES string of the molecule is CC(C)C[C@H](NC(=O)c1ccccc1N=[N+]=[N-])C(=O)OC(C)(C)C. The van der Waals surface area contributed by atoms with Gasteiger partial charge in [-0.25, -0.2) is 4.79 Å². The van der Waals surface area contributed by atoms with Crippen molar-refractivity contribution in [1.29, 1.82) is 0 Å². The molecule has 7 heteroatoms. The summed E-state index contributed by atoms with van der Waals surface area (Å²) in [5.74, 6) is -0.768. The fraction of sp³-hybridized carbons (Fsp3) is 0.529. The first-order valence-electron chi connectivity index (χ1n) is 7.82.